The molecule has 1 aromatic heterocycles. The molecule has 0 aliphatic heterocycles. The molecule has 1 N–H and O–H groups in total. The molecule has 2 nitrogen and oxygen atoms in total. The van der Waals surface area contributed by atoms with E-state index in [-0.39, 0.29) is 4.75 Å². The first kappa shape index (κ1) is 12.5. The molecule has 0 bridgehead atoms. The molecule has 90 valence electrons. The lowest BCUT2D eigenvalue weighted by atomic mass is 10.1. The van der Waals surface area contributed by atoms with Crippen molar-refractivity contribution in [1.82, 2.24) is 4.98 Å². The van der Waals surface area contributed by atoms with Crippen molar-refractivity contribution in [3.05, 3.63) is 35.5 Å². The third kappa shape index (κ3) is 3.27. The van der Waals surface area contributed by atoms with Crippen LogP contribution in [0, 0.1) is 0 Å². The van der Waals surface area contributed by atoms with Crippen LogP contribution in [0.3, 0.4) is 0 Å². The summed E-state index contributed by atoms with van der Waals surface area (Å²) in [7, 11) is 0. The molecule has 0 saturated heterocycles. The summed E-state index contributed by atoms with van der Waals surface area (Å²) in [6.45, 7) is 4.94. The van der Waals surface area contributed by atoms with E-state index < -0.39 is 0 Å². The molecule has 2 aromatic rings. The number of halogens is 1. The molecule has 4 heteroatoms. The van der Waals surface area contributed by atoms with Crippen LogP contribution in [0.25, 0.3) is 10.9 Å². The van der Waals surface area contributed by atoms with Crippen molar-refractivity contribution in [2.24, 2.45) is 0 Å². The Morgan fingerprint density at radius 3 is 2.82 bits per heavy atom. The van der Waals surface area contributed by atoms with Gasteiger partial charge in [0, 0.05) is 33.6 Å². The summed E-state index contributed by atoms with van der Waals surface area (Å²) in [5.41, 5.74) is 1.97. The zero-order valence-electron chi connectivity index (χ0n) is 9.87. The minimum Gasteiger partial charge on any atom is -0.383 e. The molecule has 17 heavy (non-hydrogen) atoms. The highest BCUT2D eigenvalue weighted by Crippen LogP contribution is 2.25. The normalized spacial score (nSPS) is 11.8. The maximum absolute atomic E-state index is 5.95. The Balaban J connectivity index is 2.34. The first-order valence-corrected chi connectivity index (χ1v) is 6.29. The molecule has 1 aromatic carbocycles. The van der Waals surface area contributed by atoms with Gasteiger partial charge in [-0.05, 0) is 38.1 Å². The summed E-state index contributed by atoms with van der Waals surface area (Å²) in [5.74, 6) is 0. The zero-order chi connectivity index (χ0) is 12.5. The Labute approximate surface area is 112 Å². The van der Waals surface area contributed by atoms with Gasteiger partial charge < -0.3 is 5.32 Å². The minimum absolute atomic E-state index is 0.0536. The van der Waals surface area contributed by atoms with E-state index in [0.29, 0.717) is 5.02 Å². The molecule has 2 rings (SSSR count). The lowest BCUT2D eigenvalue weighted by Crippen LogP contribution is -2.23. The van der Waals surface area contributed by atoms with Crippen LogP contribution in [-0.4, -0.2) is 16.3 Å². The molecule has 0 saturated carbocycles. The van der Waals surface area contributed by atoms with Gasteiger partial charge in [0.05, 0.1) is 5.52 Å². The van der Waals surface area contributed by atoms with Gasteiger partial charge in [0.1, 0.15) is 0 Å². The van der Waals surface area contributed by atoms with E-state index in [1.165, 1.54) is 0 Å². The third-order valence-corrected chi connectivity index (χ3v) is 2.81. The van der Waals surface area contributed by atoms with E-state index in [4.69, 9.17) is 11.6 Å². The van der Waals surface area contributed by atoms with Crippen molar-refractivity contribution in [2.75, 3.05) is 11.9 Å². The third-order valence-electron chi connectivity index (χ3n) is 2.42. The van der Waals surface area contributed by atoms with Gasteiger partial charge in [0.25, 0.3) is 0 Å². The number of fused-ring (bicyclic) bond motifs is 1. The van der Waals surface area contributed by atoms with E-state index in [1.807, 2.05) is 24.3 Å². The zero-order valence-corrected chi connectivity index (χ0v) is 11.5. The van der Waals surface area contributed by atoms with Crippen molar-refractivity contribution in [1.29, 1.82) is 0 Å². The van der Waals surface area contributed by atoms with E-state index in [0.717, 1.165) is 23.1 Å². The van der Waals surface area contributed by atoms with Crippen LogP contribution in [0.15, 0.2) is 30.5 Å². The van der Waals surface area contributed by atoms with Gasteiger partial charge >= 0.3 is 0 Å². The van der Waals surface area contributed by atoms with Crippen LogP contribution in [0.2, 0.25) is 5.02 Å². The summed E-state index contributed by atoms with van der Waals surface area (Å²) in [4.78, 5) is 4.30. The molecule has 0 spiro atoms. The second kappa shape index (κ2) is 4.75. The number of hydrogen-bond acceptors (Lipinski definition) is 3. The van der Waals surface area contributed by atoms with Crippen molar-refractivity contribution in [2.45, 2.75) is 18.6 Å². The fraction of sp³-hybridized carbons (Fsp3) is 0.308. The second-order valence-electron chi connectivity index (χ2n) is 4.69. The van der Waals surface area contributed by atoms with E-state index in [2.05, 4.69) is 36.8 Å². The second-order valence-corrected chi connectivity index (χ2v) is 6.33. The Hall–Kier alpha value is -0.930. The highest BCUT2D eigenvalue weighted by Gasteiger charge is 2.11. The van der Waals surface area contributed by atoms with E-state index >= 15 is 0 Å². The predicted octanol–water partition coefficient (Wildman–Crippen LogP) is 4.01. The number of hydrogen-bond donors (Lipinski definition) is 2. The molecular weight excluding hydrogens is 252 g/mol. The minimum atomic E-state index is -0.0536. The predicted molar refractivity (Wildman–Crippen MR) is 78.3 cm³/mol. The quantitative estimate of drug-likeness (QED) is 0.821. The van der Waals surface area contributed by atoms with Crippen LogP contribution in [-0.2, 0) is 0 Å². The molecule has 0 aliphatic carbocycles. The van der Waals surface area contributed by atoms with E-state index in [1.54, 1.807) is 6.20 Å². The summed E-state index contributed by atoms with van der Waals surface area (Å²) in [5, 5.41) is 5.17. The van der Waals surface area contributed by atoms with Crippen molar-refractivity contribution in [3.63, 3.8) is 0 Å². The van der Waals surface area contributed by atoms with Crippen molar-refractivity contribution < 1.29 is 0 Å². The molecule has 0 amide bonds. The number of pyridine rings is 1. The van der Waals surface area contributed by atoms with Crippen LogP contribution >= 0.6 is 24.2 Å². The first-order valence-electron chi connectivity index (χ1n) is 5.46. The van der Waals surface area contributed by atoms with Crippen LogP contribution < -0.4 is 5.32 Å². The average Bonchev–Trinajstić information content (AvgIpc) is 2.24. The van der Waals surface area contributed by atoms with Gasteiger partial charge in [-0.25, -0.2) is 0 Å². The SMILES string of the molecule is CC(C)(S)CNc1ccnc2cc(Cl)ccc12. The number of benzene rings is 1. The lowest BCUT2D eigenvalue weighted by molar-refractivity contribution is 0.758. The van der Waals surface area contributed by atoms with Crippen LogP contribution in [0.5, 0.6) is 0 Å². The monoisotopic (exact) mass is 266 g/mol. The standard InChI is InChI=1S/C13H15ClN2S/c1-13(2,17)8-16-11-5-6-15-12-7-9(14)3-4-10(11)12/h3-7,17H,8H2,1-2H3,(H,15,16). The fourth-order valence-corrected chi connectivity index (χ4v) is 1.83. The van der Waals surface area contributed by atoms with Crippen LogP contribution in [0.4, 0.5) is 5.69 Å². The number of aromatic nitrogens is 1. The summed E-state index contributed by atoms with van der Waals surface area (Å²) < 4.78 is -0.0536. The number of thiol groups is 1. The molecule has 0 aliphatic rings. The molecule has 1 heterocycles. The molecule has 0 fully saturated rings. The fourth-order valence-electron chi connectivity index (χ4n) is 1.59. The average molecular weight is 267 g/mol. The molecule has 0 unspecified atom stereocenters. The van der Waals surface area contributed by atoms with Gasteiger partial charge in [-0.15, -0.1) is 0 Å². The highest BCUT2D eigenvalue weighted by atomic mass is 35.5. The maximum Gasteiger partial charge on any atom is 0.0737 e. The summed E-state index contributed by atoms with van der Waals surface area (Å²) in [6.07, 6.45) is 1.78. The Morgan fingerprint density at radius 2 is 2.12 bits per heavy atom. The number of nitrogens with one attached hydrogen (secondary N) is 1. The molecule has 0 radical (unpaired) electrons. The number of anilines is 1. The van der Waals surface area contributed by atoms with Gasteiger partial charge in [-0.3, -0.25) is 4.98 Å². The van der Waals surface area contributed by atoms with E-state index in [9.17, 15) is 0 Å². The lowest BCUT2D eigenvalue weighted by Gasteiger charge is -2.19. The van der Waals surface area contributed by atoms with Crippen molar-refractivity contribution in [3.8, 4) is 0 Å². The van der Waals surface area contributed by atoms with Crippen molar-refractivity contribution >= 4 is 40.8 Å². The van der Waals surface area contributed by atoms with Gasteiger partial charge in [-0.1, -0.05) is 11.6 Å². The Kier molecular flexibility index (Phi) is 3.50. The number of nitrogens with zero attached hydrogens (tertiary/aromatic N) is 1. The van der Waals surface area contributed by atoms with Gasteiger partial charge in [0.15, 0.2) is 0 Å². The van der Waals surface area contributed by atoms with Gasteiger partial charge in [-0.2, -0.15) is 12.6 Å². The summed E-state index contributed by atoms with van der Waals surface area (Å²) in [6, 6.07) is 7.70. The smallest absolute Gasteiger partial charge is 0.0737 e. The van der Waals surface area contributed by atoms with Crippen LogP contribution in [0.1, 0.15) is 13.8 Å². The largest absolute Gasteiger partial charge is 0.383 e. The summed E-state index contributed by atoms with van der Waals surface area (Å²) >= 11 is 10.4. The first-order chi connectivity index (χ1) is 7.96. The van der Waals surface area contributed by atoms with Gasteiger partial charge in [0.2, 0.25) is 0 Å². The highest BCUT2D eigenvalue weighted by molar-refractivity contribution is 7.81. The molecule has 0 atom stereocenters. The topological polar surface area (TPSA) is 24.9 Å². The number of rotatable bonds is 3. The Morgan fingerprint density at radius 1 is 1.35 bits per heavy atom. The Bertz CT molecular complexity index is 534. The maximum atomic E-state index is 5.95. The molecular formula is C13H15ClN2S.